The molecule has 2 aliphatic heterocycles. The van der Waals surface area contributed by atoms with Crippen molar-refractivity contribution in [1.29, 1.82) is 0 Å². The Kier molecular flexibility index (Phi) is 4.96. The van der Waals surface area contributed by atoms with Crippen molar-refractivity contribution in [2.45, 2.75) is 44.8 Å². The number of aryl methyl sites for hydroxylation is 1. The van der Waals surface area contributed by atoms with Crippen molar-refractivity contribution in [3.8, 4) is 0 Å². The van der Waals surface area contributed by atoms with E-state index in [1.165, 1.54) is 0 Å². The third-order valence-electron chi connectivity index (χ3n) is 5.98. The first kappa shape index (κ1) is 17.5. The molecule has 0 N–H and O–H groups in total. The van der Waals surface area contributed by atoms with Crippen molar-refractivity contribution >= 4 is 11.6 Å². The normalized spacial score (nSPS) is 20.8. The van der Waals surface area contributed by atoms with Crippen LogP contribution >= 0.6 is 0 Å². The highest BCUT2D eigenvalue weighted by molar-refractivity contribution is 5.94. The second kappa shape index (κ2) is 7.37. The molecule has 2 aliphatic rings. The van der Waals surface area contributed by atoms with Crippen LogP contribution in [0.4, 0.5) is 0 Å². The van der Waals surface area contributed by atoms with Crippen LogP contribution < -0.4 is 0 Å². The van der Waals surface area contributed by atoms with E-state index in [-0.39, 0.29) is 5.91 Å². The molecule has 0 aromatic carbocycles. The molecule has 0 atom stereocenters. The van der Waals surface area contributed by atoms with E-state index in [0.717, 1.165) is 63.2 Å². The zero-order valence-corrected chi connectivity index (χ0v) is 15.7. The molecule has 0 radical (unpaired) electrons. The number of pyridine rings is 1. The third-order valence-corrected chi connectivity index (χ3v) is 5.98. The summed E-state index contributed by atoms with van der Waals surface area (Å²) in [7, 11) is 1.81. The third kappa shape index (κ3) is 3.23. The number of hydrogen-bond acceptors (Lipinski definition) is 4. The van der Waals surface area contributed by atoms with Crippen molar-refractivity contribution in [2.24, 2.45) is 0 Å². The van der Waals surface area contributed by atoms with Crippen molar-refractivity contribution in [3.63, 3.8) is 0 Å². The number of nitrogens with zero attached hydrogens (tertiary/aromatic N) is 4. The minimum absolute atomic E-state index is 0.109. The predicted octanol–water partition coefficient (Wildman–Crippen LogP) is 2.36. The minimum atomic E-state index is 0.109. The van der Waals surface area contributed by atoms with Crippen LogP contribution in [0.15, 0.2) is 24.4 Å². The fourth-order valence-corrected chi connectivity index (χ4v) is 4.43. The van der Waals surface area contributed by atoms with Crippen LogP contribution in [0.2, 0.25) is 0 Å². The van der Waals surface area contributed by atoms with Gasteiger partial charge >= 0.3 is 0 Å². The first-order chi connectivity index (χ1) is 12.7. The molecule has 2 aromatic rings. The smallest absolute Gasteiger partial charge is 0.272 e. The number of hydrogen-bond donors (Lipinski definition) is 0. The van der Waals surface area contributed by atoms with Gasteiger partial charge in [0.1, 0.15) is 11.3 Å². The molecule has 2 fully saturated rings. The minimum Gasteiger partial charge on any atom is -0.381 e. The standard InChI is InChI=1S/C20H28N4O2/c1-15-19(24-10-4-3-5-18(24)21-15)20(25)23-11-6-16(7-12-23)22-13-8-17(26-2)9-14-22/h3-5,10,16-17H,6-9,11-14H2,1-2H3. The van der Waals surface area contributed by atoms with Crippen molar-refractivity contribution in [2.75, 3.05) is 33.3 Å². The van der Waals surface area contributed by atoms with E-state index in [0.29, 0.717) is 17.8 Å². The van der Waals surface area contributed by atoms with Gasteiger partial charge in [0.05, 0.1) is 11.8 Å². The second-order valence-corrected chi connectivity index (χ2v) is 7.47. The van der Waals surface area contributed by atoms with E-state index in [2.05, 4.69) is 9.88 Å². The average Bonchev–Trinajstić information content (AvgIpc) is 3.03. The largest absolute Gasteiger partial charge is 0.381 e. The van der Waals surface area contributed by atoms with Gasteiger partial charge in [-0.25, -0.2) is 4.98 Å². The molecule has 0 bridgehead atoms. The lowest BCUT2D eigenvalue weighted by molar-refractivity contribution is 0.0144. The van der Waals surface area contributed by atoms with Gasteiger partial charge in [-0.3, -0.25) is 9.20 Å². The van der Waals surface area contributed by atoms with Crippen LogP contribution in [0, 0.1) is 6.92 Å². The van der Waals surface area contributed by atoms with Gasteiger partial charge in [-0.05, 0) is 44.7 Å². The Bertz CT molecular complexity index is 771. The lowest BCUT2D eigenvalue weighted by Crippen LogP contribution is -2.49. The van der Waals surface area contributed by atoms with Gasteiger partial charge in [-0.2, -0.15) is 0 Å². The van der Waals surface area contributed by atoms with Gasteiger partial charge < -0.3 is 14.5 Å². The Labute approximate surface area is 154 Å². The van der Waals surface area contributed by atoms with Gasteiger partial charge in [0.25, 0.3) is 5.91 Å². The molecule has 140 valence electrons. The number of amides is 1. The van der Waals surface area contributed by atoms with E-state index < -0.39 is 0 Å². The van der Waals surface area contributed by atoms with Gasteiger partial charge in [0.15, 0.2) is 0 Å². The molecule has 2 saturated heterocycles. The lowest BCUT2D eigenvalue weighted by Gasteiger charge is -2.41. The van der Waals surface area contributed by atoms with Crippen LogP contribution in [0.25, 0.3) is 5.65 Å². The first-order valence-electron chi connectivity index (χ1n) is 9.67. The van der Waals surface area contributed by atoms with Gasteiger partial charge in [-0.1, -0.05) is 6.07 Å². The molecular formula is C20H28N4O2. The Morgan fingerprint density at radius 1 is 1.12 bits per heavy atom. The van der Waals surface area contributed by atoms with Crippen LogP contribution in [0.3, 0.4) is 0 Å². The summed E-state index contributed by atoms with van der Waals surface area (Å²) in [5.41, 5.74) is 2.36. The molecule has 1 amide bonds. The number of imidazole rings is 1. The number of ether oxygens (including phenoxy) is 1. The highest BCUT2D eigenvalue weighted by atomic mass is 16.5. The molecule has 0 spiro atoms. The molecule has 0 saturated carbocycles. The summed E-state index contributed by atoms with van der Waals surface area (Å²) >= 11 is 0. The van der Waals surface area contributed by atoms with Crippen molar-refractivity contribution in [1.82, 2.24) is 19.2 Å². The molecular weight excluding hydrogens is 328 g/mol. The molecule has 6 nitrogen and oxygen atoms in total. The summed E-state index contributed by atoms with van der Waals surface area (Å²) in [6, 6.07) is 6.44. The highest BCUT2D eigenvalue weighted by Crippen LogP contribution is 2.24. The second-order valence-electron chi connectivity index (χ2n) is 7.47. The quantitative estimate of drug-likeness (QED) is 0.847. The zero-order valence-electron chi connectivity index (χ0n) is 15.7. The number of piperidine rings is 2. The lowest BCUT2D eigenvalue weighted by atomic mass is 9.98. The van der Waals surface area contributed by atoms with Crippen LogP contribution in [0.5, 0.6) is 0 Å². The number of fused-ring (bicyclic) bond motifs is 1. The number of rotatable bonds is 3. The van der Waals surface area contributed by atoms with E-state index in [1.54, 1.807) is 0 Å². The summed E-state index contributed by atoms with van der Waals surface area (Å²) in [6.45, 7) is 5.81. The molecule has 4 rings (SSSR count). The van der Waals surface area contributed by atoms with E-state index in [9.17, 15) is 4.79 Å². The van der Waals surface area contributed by atoms with Gasteiger partial charge in [0.2, 0.25) is 0 Å². The topological polar surface area (TPSA) is 50.1 Å². The van der Waals surface area contributed by atoms with E-state index in [4.69, 9.17) is 4.74 Å². The molecule has 6 heteroatoms. The Hall–Kier alpha value is -1.92. The molecule has 2 aromatic heterocycles. The maximum Gasteiger partial charge on any atom is 0.272 e. The maximum atomic E-state index is 13.1. The average molecular weight is 356 g/mol. The molecule has 0 unspecified atom stereocenters. The summed E-state index contributed by atoms with van der Waals surface area (Å²) < 4.78 is 7.39. The van der Waals surface area contributed by atoms with Gasteiger partial charge in [-0.15, -0.1) is 0 Å². The van der Waals surface area contributed by atoms with Crippen LogP contribution in [-0.2, 0) is 4.74 Å². The molecule has 26 heavy (non-hydrogen) atoms. The number of likely N-dealkylation sites (tertiary alicyclic amines) is 2. The van der Waals surface area contributed by atoms with Crippen molar-refractivity contribution < 1.29 is 9.53 Å². The number of aromatic nitrogens is 2. The fourth-order valence-electron chi connectivity index (χ4n) is 4.43. The van der Waals surface area contributed by atoms with Crippen LogP contribution in [0.1, 0.15) is 41.9 Å². The molecule has 4 heterocycles. The summed E-state index contributed by atoms with van der Waals surface area (Å²) in [5, 5.41) is 0. The monoisotopic (exact) mass is 356 g/mol. The van der Waals surface area contributed by atoms with Crippen molar-refractivity contribution in [3.05, 3.63) is 35.8 Å². The van der Waals surface area contributed by atoms with Gasteiger partial charge in [0, 0.05) is 45.5 Å². The SMILES string of the molecule is COC1CCN(C2CCN(C(=O)c3c(C)nc4ccccn34)CC2)CC1. The zero-order chi connectivity index (χ0) is 18.1. The number of carbonyl (C=O) groups is 1. The summed E-state index contributed by atoms with van der Waals surface area (Å²) in [6.07, 6.45) is 6.70. The number of methoxy groups -OCH3 is 1. The Balaban J connectivity index is 1.40. The number of carbonyl (C=O) groups excluding carboxylic acids is 1. The van der Waals surface area contributed by atoms with E-state index >= 15 is 0 Å². The van der Waals surface area contributed by atoms with Crippen LogP contribution in [-0.4, -0.2) is 70.5 Å². The molecule has 0 aliphatic carbocycles. The first-order valence-corrected chi connectivity index (χ1v) is 9.67. The summed E-state index contributed by atoms with van der Waals surface area (Å²) in [4.78, 5) is 22.2. The summed E-state index contributed by atoms with van der Waals surface area (Å²) in [5.74, 6) is 0.109. The van der Waals surface area contributed by atoms with E-state index in [1.807, 2.05) is 47.7 Å². The Morgan fingerprint density at radius 3 is 2.54 bits per heavy atom. The maximum absolute atomic E-state index is 13.1. The highest BCUT2D eigenvalue weighted by Gasteiger charge is 2.31. The fraction of sp³-hybridized carbons (Fsp3) is 0.600. The predicted molar refractivity (Wildman–Crippen MR) is 100 cm³/mol. The Morgan fingerprint density at radius 2 is 1.85 bits per heavy atom.